The average molecular weight is 531 g/mol. The molecule has 208 valence electrons. The van der Waals surface area contributed by atoms with Crippen LogP contribution in [0.3, 0.4) is 0 Å². The summed E-state index contributed by atoms with van der Waals surface area (Å²) in [6.45, 7) is 6.73. The molecule has 0 saturated carbocycles. The monoisotopic (exact) mass is 530 g/mol. The number of amides is 3. The van der Waals surface area contributed by atoms with Gasteiger partial charge in [0.25, 0.3) is 0 Å². The Hall–Kier alpha value is -2.73. The van der Waals surface area contributed by atoms with Crippen molar-refractivity contribution >= 4 is 23.4 Å². The van der Waals surface area contributed by atoms with Crippen molar-refractivity contribution in [3.63, 3.8) is 0 Å². The number of morpholine rings is 1. The average Bonchev–Trinajstić information content (AvgIpc) is 3.56. The van der Waals surface area contributed by atoms with Crippen molar-refractivity contribution in [3.8, 4) is 5.75 Å². The number of anilines is 1. The predicted octanol–water partition coefficient (Wildman–Crippen LogP) is 0.229. The molecule has 2 unspecified atom stereocenters. The first-order valence-corrected chi connectivity index (χ1v) is 13.7. The lowest BCUT2D eigenvalue weighted by Crippen LogP contribution is -2.56. The van der Waals surface area contributed by atoms with Crippen LogP contribution in [0.5, 0.6) is 5.75 Å². The van der Waals surface area contributed by atoms with Gasteiger partial charge in [-0.05, 0) is 50.5 Å². The smallest absolute Gasteiger partial charge is 0.245 e. The summed E-state index contributed by atoms with van der Waals surface area (Å²) < 4.78 is 17.3. The second-order valence-corrected chi connectivity index (χ2v) is 10.4. The van der Waals surface area contributed by atoms with Crippen molar-refractivity contribution in [1.29, 1.82) is 0 Å². The van der Waals surface area contributed by atoms with E-state index in [0.29, 0.717) is 63.6 Å². The van der Waals surface area contributed by atoms with Crippen LogP contribution in [-0.4, -0.2) is 110 Å². The molecule has 3 N–H and O–H groups in total. The van der Waals surface area contributed by atoms with Gasteiger partial charge in [-0.15, -0.1) is 0 Å². The molecule has 0 radical (unpaired) electrons. The molecule has 4 saturated heterocycles. The second kappa shape index (κ2) is 11.6. The summed E-state index contributed by atoms with van der Waals surface area (Å²) in [7, 11) is 0. The number of likely N-dealkylation sites (tertiary alicyclic amines) is 1. The van der Waals surface area contributed by atoms with Crippen molar-refractivity contribution < 1.29 is 33.7 Å². The molecule has 4 aliphatic heterocycles. The molecule has 0 aliphatic carbocycles. The van der Waals surface area contributed by atoms with Crippen LogP contribution in [0.4, 0.5) is 5.69 Å². The number of ether oxygens (including phenoxy) is 3. The van der Waals surface area contributed by atoms with Gasteiger partial charge in [0.2, 0.25) is 17.7 Å². The zero-order valence-electron chi connectivity index (χ0n) is 21.9. The van der Waals surface area contributed by atoms with Crippen LogP contribution in [0.2, 0.25) is 0 Å². The van der Waals surface area contributed by atoms with Gasteiger partial charge >= 0.3 is 0 Å². The number of nitrogens with zero attached hydrogens (tertiary/aromatic N) is 2. The van der Waals surface area contributed by atoms with E-state index < -0.39 is 29.6 Å². The van der Waals surface area contributed by atoms with Gasteiger partial charge in [-0.1, -0.05) is 0 Å². The number of aliphatic hydroxyl groups is 1. The molecule has 4 fully saturated rings. The third-order valence-electron chi connectivity index (χ3n) is 8.17. The molecule has 4 heterocycles. The van der Waals surface area contributed by atoms with Crippen LogP contribution in [0.1, 0.15) is 26.2 Å². The first kappa shape index (κ1) is 26.9. The molecule has 2 bridgehead atoms. The molecular weight excluding hydrogens is 492 g/mol. The Balaban J connectivity index is 1.31. The first-order valence-electron chi connectivity index (χ1n) is 13.7. The van der Waals surface area contributed by atoms with Gasteiger partial charge in [-0.25, -0.2) is 0 Å². The minimum absolute atomic E-state index is 0.0993. The molecule has 38 heavy (non-hydrogen) atoms. The maximum atomic E-state index is 13.8. The highest BCUT2D eigenvalue weighted by Crippen LogP contribution is 2.58. The lowest BCUT2D eigenvalue weighted by atomic mass is 9.70. The third-order valence-corrected chi connectivity index (χ3v) is 8.17. The number of carbonyl (C=O) groups is 3. The summed E-state index contributed by atoms with van der Waals surface area (Å²) in [5.41, 5.74) is -0.434. The van der Waals surface area contributed by atoms with E-state index in [1.54, 1.807) is 24.3 Å². The SMILES string of the molecule is CCOc1ccc(NC(=O)[C@@H]2[C@@H]3CCC4(O3)C(C(=O)NCCN3CCOCC3)N(CCCO)C(=O)[C@H]24)cc1. The number of hydrogen-bond donors (Lipinski definition) is 3. The molecule has 11 heteroatoms. The Morgan fingerprint density at radius 1 is 1.16 bits per heavy atom. The Morgan fingerprint density at radius 3 is 2.63 bits per heavy atom. The standard InChI is InChI=1S/C27H38N4O7/c1-2-37-19-6-4-18(5-7-19)29-24(33)21-20-8-9-27(38-20)22(21)26(35)31(11-3-15-32)23(27)25(34)28-10-12-30-13-16-36-17-14-30/h4-7,20-23,32H,2-3,8-17H2,1H3,(H,28,34)(H,29,33)/t20-,21+,22-,23?,27?/m0/s1. The zero-order chi connectivity index (χ0) is 26.7. The van der Waals surface area contributed by atoms with Gasteiger partial charge in [0.05, 0.1) is 37.8 Å². The van der Waals surface area contributed by atoms with Crippen LogP contribution in [0.15, 0.2) is 24.3 Å². The lowest BCUT2D eigenvalue weighted by molar-refractivity contribution is -0.141. The van der Waals surface area contributed by atoms with Crippen molar-refractivity contribution in [2.45, 2.75) is 43.9 Å². The Labute approximate surface area is 222 Å². The predicted molar refractivity (Wildman–Crippen MR) is 138 cm³/mol. The molecular formula is C27H38N4O7. The van der Waals surface area contributed by atoms with E-state index in [9.17, 15) is 19.5 Å². The van der Waals surface area contributed by atoms with Crippen LogP contribution < -0.4 is 15.4 Å². The molecule has 5 rings (SSSR count). The summed E-state index contributed by atoms with van der Waals surface area (Å²) in [6.07, 6.45) is 1.07. The molecule has 4 aliphatic rings. The number of benzene rings is 1. The van der Waals surface area contributed by atoms with Gasteiger partial charge in [0.1, 0.15) is 17.4 Å². The fraction of sp³-hybridized carbons (Fsp3) is 0.667. The van der Waals surface area contributed by atoms with Crippen LogP contribution >= 0.6 is 0 Å². The van der Waals surface area contributed by atoms with Crippen LogP contribution in [0.25, 0.3) is 0 Å². The first-order chi connectivity index (χ1) is 18.5. The highest BCUT2D eigenvalue weighted by Gasteiger charge is 2.74. The van der Waals surface area contributed by atoms with E-state index in [2.05, 4.69) is 15.5 Å². The number of hydrogen-bond acceptors (Lipinski definition) is 8. The van der Waals surface area contributed by atoms with Gasteiger partial charge in [0, 0.05) is 45.0 Å². The van der Waals surface area contributed by atoms with Crippen LogP contribution in [-0.2, 0) is 23.9 Å². The van der Waals surface area contributed by atoms with E-state index in [1.165, 1.54) is 4.90 Å². The Bertz CT molecular complexity index is 1020. The van der Waals surface area contributed by atoms with Crippen molar-refractivity contribution in [2.75, 3.05) is 64.5 Å². The number of rotatable bonds is 11. The fourth-order valence-corrected chi connectivity index (χ4v) is 6.52. The minimum Gasteiger partial charge on any atom is -0.494 e. The summed E-state index contributed by atoms with van der Waals surface area (Å²) in [5, 5.41) is 15.4. The topological polar surface area (TPSA) is 130 Å². The summed E-state index contributed by atoms with van der Waals surface area (Å²) in [6, 6.07) is 6.27. The Kier molecular flexibility index (Phi) is 8.18. The minimum atomic E-state index is -1.04. The van der Waals surface area contributed by atoms with E-state index in [4.69, 9.17) is 14.2 Å². The van der Waals surface area contributed by atoms with Gasteiger partial charge in [-0.3, -0.25) is 19.3 Å². The quantitative estimate of drug-likeness (QED) is 0.371. The van der Waals surface area contributed by atoms with Gasteiger partial charge in [-0.2, -0.15) is 0 Å². The van der Waals surface area contributed by atoms with E-state index in [-0.39, 0.29) is 30.9 Å². The van der Waals surface area contributed by atoms with E-state index in [1.807, 2.05) is 6.92 Å². The Morgan fingerprint density at radius 2 is 1.92 bits per heavy atom. The molecule has 1 aromatic carbocycles. The molecule has 3 amide bonds. The van der Waals surface area contributed by atoms with Gasteiger partial charge < -0.3 is 34.9 Å². The highest BCUT2D eigenvalue weighted by atomic mass is 16.5. The number of aliphatic hydroxyl groups excluding tert-OH is 1. The largest absolute Gasteiger partial charge is 0.494 e. The molecule has 5 atom stereocenters. The fourth-order valence-electron chi connectivity index (χ4n) is 6.52. The summed E-state index contributed by atoms with van der Waals surface area (Å²) >= 11 is 0. The number of fused-ring (bicyclic) bond motifs is 1. The van der Waals surface area contributed by atoms with Crippen LogP contribution in [0, 0.1) is 11.8 Å². The van der Waals surface area contributed by atoms with Crippen molar-refractivity contribution in [2.24, 2.45) is 11.8 Å². The molecule has 1 spiro atoms. The number of nitrogens with one attached hydrogen (secondary N) is 2. The highest BCUT2D eigenvalue weighted by molar-refractivity contribution is 6.02. The summed E-state index contributed by atoms with van der Waals surface area (Å²) in [4.78, 5) is 44.6. The molecule has 11 nitrogen and oxygen atoms in total. The maximum Gasteiger partial charge on any atom is 0.245 e. The van der Waals surface area contributed by atoms with E-state index in [0.717, 1.165) is 13.1 Å². The zero-order valence-corrected chi connectivity index (χ0v) is 21.9. The molecule has 1 aromatic rings. The second-order valence-electron chi connectivity index (χ2n) is 10.4. The maximum absolute atomic E-state index is 13.8. The number of carbonyl (C=O) groups excluding carboxylic acids is 3. The molecule has 0 aromatic heterocycles. The van der Waals surface area contributed by atoms with Gasteiger partial charge in [0.15, 0.2) is 0 Å². The lowest BCUT2D eigenvalue weighted by Gasteiger charge is -2.34. The van der Waals surface area contributed by atoms with Crippen molar-refractivity contribution in [3.05, 3.63) is 24.3 Å². The third kappa shape index (κ3) is 5.00. The van der Waals surface area contributed by atoms with E-state index >= 15 is 0 Å². The van der Waals surface area contributed by atoms with Crippen molar-refractivity contribution in [1.82, 2.24) is 15.1 Å². The normalized spacial score (nSPS) is 30.4. The summed E-state index contributed by atoms with van der Waals surface area (Å²) in [5.74, 6) is -1.51.